The summed E-state index contributed by atoms with van der Waals surface area (Å²) < 4.78 is 13.6. The van der Waals surface area contributed by atoms with Gasteiger partial charge in [-0.05, 0) is 70.0 Å². The van der Waals surface area contributed by atoms with Crippen LogP contribution in [0.25, 0.3) is 22.3 Å². The highest BCUT2D eigenvalue weighted by atomic mass is 79.9. The summed E-state index contributed by atoms with van der Waals surface area (Å²) in [5, 5.41) is 9.36. The first-order chi connectivity index (χ1) is 14.3. The van der Waals surface area contributed by atoms with Crippen LogP contribution in [0.15, 0.2) is 68.2 Å². The number of para-hydroxylation sites is 1. The number of thiophene rings is 1. The number of hydrogen-bond acceptors (Lipinski definition) is 4. The summed E-state index contributed by atoms with van der Waals surface area (Å²) in [5.74, 6) is 1.33. The van der Waals surface area contributed by atoms with Gasteiger partial charge in [0.2, 0.25) is 0 Å². The third-order valence-corrected chi connectivity index (χ3v) is 7.90. The van der Waals surface area contributed by atoms with Crippen molar-refractivity contribution >= 4 is 43.9 Å². The Kier molecular flexibility index (Phi) is 4.29. The van der Waals surface area contributed by atoms with Crippen molar-refractivity contribution in [1.29, 1.82) is 0 Å². The van der Waals surface area contributed by atoms with Crippen LogP contribution in [0.2, 0.25) is 0 Å². The number of halogens is 1. The Hall–Kier alpha value is -2.08. The number of anilines is 1. The Morgan fingerprint density at radius 1 is 1.03 bits per heavy atom. The molecule has 2 aliphatic rings. The van der Waals surface area contributed by atoms with Crippen LogP contribution in [0.4, 0.5) is 5.69 Å². The van der Waals surface area contributed by atoms with Crippen molar-refractivity contribution in [2.45, 2.75) is 25.0 Å². The van der Waals surface area contributed by atoms with Crippen LogP contribution in [0.5, 0.6) is 0 Å². The summed E-state index contributed by atoms with van der Waals surface area (Å²) in [6.07, 6.45) is 2.39. The van der Waals surface area contributed by atoms with E-state index in [4.69, 9.17) is 9.15 Å². The van der Waals surface area contributed by atoms with Gasteiger partial charge in [-0.15, -0.1) is 0 Å². The van der Waals surface area contributed by atoms with Gasteiger partial charge in [0.25, 0.3) is 0 Å². The molecule has 5 heteroatoms. The van der Waals surface area contributed by atoms with Gasteiger partial charge in [0.1, 0.15) is 11.3 Å². The van der Waals surface area contributed by atoms with Crippen LogP contribution in [-0.4, -0.2) is 6.61 Å². The van der Waals surface area contributed by atoms with Crippen LogP contribution < -0.4 is 5.32 Å². The molecule has 2 aromatic heterocycles. The zero-order valence-electron chi connectivity index (χ0n) is 15.7. The monoisotopic (exact) mass is 465 g/mol. The van der Waals surface area contributed by atoms with Gasteiger partial charge in [-0.1, -0.05) is 18.2 Å². The molecule has 3 unspecified atom stereocenters. The minimum absolute atomic E-state index is 0.112. The standard InChI is InChI=1S/C24H20BrNO2S/c25-19-13-29-12-18(19)23-16-5-3-9-27-24(16)17-10-15(7-8-20(17)26-23)22-11-14-4-1-2-6-21(14)28-22/h1-2,4,6-8,10-13,16,23-24,26H,3,5,9H2. The van der Waals surface area contributed by atoms with Gasteiger partial charge in [0.15, 0.2) is 0 Å². The smallest absolute Gasteiger partial charge is 0.135 e. The molecule has 0 spiro atoms. The minimum atomic E-state index is 0.112. The Balaban J connectivity index is 1.44. The fraction of sp³-hybridized carbons (Fsp3) is 0.250. The number of hydrogen-bond donors (Lipinski definition) is 1. The van der Waals surface area contributed by atoms with Gasteiger partial charge in [-0.2, -0.15) is 11.3 Å². The zero-order chi connectivity index (χ0) is 19.4. The van der Waals surface area contributed by atoms with Crippen LogP contribution in [-0.2, 0) is 4.74 Å². The average Bonchev–Trinajstić information content (AvgIpc) is 3.39. The summed E-state index contributed by atoms with van der Waals surface area (Å²) >= 11 is 5.48. The largest absolute Gasteiger partial charge is 0.456 e. The molecule has 0 radical (unpaired) electrons. The maximum Gasteiger partial charge on any atom is 0.135 e. The predicted octanol–water partition coefficient (Wildman–Crippen LogP) is 7.56. The second kappa shape index (κ2) is 7.01. The fourth-order valence-electron chi connectivity index (χ4n) is 4.77. The summed E-state index contributed by atoms with van der Waals surface area (Å²) in [6.45, 7) is 0.826. The molecule has 29 heavy (non-hydrogen) atoms. The zero-order valence-corrected chi connectivity index (χ0v) is 18.1. The lowest BCUT2D eigenvalue weighted by Gasteiger charge is -2.43. The van der Waals surface area contributed by atoms with Gasteiger partial charge >= 0.3 is 0 Å². The lowest BCUT2D eigenvalue weighted by Crippen LogP contribution is -2.36. The molecule has 0 aliphatic carbocycles. The van der Waals surface area contributed by atoms with Gasteiger partial charge in [0, 0.05) is 44.6 Å². The number of benzene rings is 2. The molecule has 4 aromatic rings. The highest BCUT2D eigenvalue weighted by Gasteiger charge is 2.40. The molecule has 1 saturated heterocycles. The molecule has 4 heterocycles. The fourth-order valence-corrected chi connectivity index (χ4v) is 6.35. The van der Waals surface area contributed by atoms with Crippen molar-refractivity contribution in [3.05, 3.63) is 74.9 Å². The second-order valence-electron chi connectivity index (χ2n) is 7.85. The van der Waals surface area contributed by atoms with Gasteiger partial charge in [-0.25, -0.2) is 0 Å². The van der Waals surface area contributed by atoms with E-state index in [-0.39, 0.29) is 12.1 Å². The molecule has 0 amide bonds. The Morgan fingerprint density at radius 3 is 2.83 bits per heavy atom. The van der Waals surface area contributed by atoms with Gasteiger partial charge in [0.05, 0.1) is 12.1 Å². The molecular formula is C24H20BrNO2S. The van der Waals surface area contributed by atoms with E-state index < -0.39 is 0 Å². The molecule has 2 aliphatic heterocycles. The van der Waals surface area contributed by atoms with Gasteiger partial charge < -0.3 is 14.5 Å². The molecule has 0 bridgehead atoms. The summed E-state index contributed by atoms with van der Waals surface area (Å²) in [4.78, 5) is 0. The van der Waals surface area contributed by atoms with Crippen molar-refractivity contribution in [3.63, 3.8) is 0 Å². The van der Waals surface area contributed by atoms with Crippen LogP contribution in [0.3, 0.4) is 0 Å². The molecule has 3 atom stereocenters. The Morgan fingerprint density at radius 2 is 1.97 bits per heavy atom. The van der Waals surface area contributed by atoms with Gasteiger partial charge in [-0.3, -0.25) is 0 Å². The first-order valence-electron chi connectivity index (χ1n) is 10.0. The first-order valence-corrected chi connectivity index (χ1v) is 11.7. The summed E-state index contributed by atoms with van der Waals surface area (Å²) in [7, 11) is 0. The third-order valence-electron chi connectivity index (χ3n) is 6.15. The van der Waals surface area contributed by atoms with Crippen molar-refractivity contribution < 1.29 is 9.15 Å². The van der Waals surface area contributed by atoms with E-state index in [0.717, 1.165) is 41.0 Å². The van der Waals surface area contributed by atoms with Crippen LogP contribution >= 0.6 is 27.3 Å². The normalized spacial score (nSPS) is 23.4. The number of nitrogens with one attached hydrogen (secondary N) is 1. The van der Waals surface area contributed by atoms with E-state index in [2.05, 4.69) is 62.3 Å². The average molecular weight is 466 g/mol. The summed E-state index contributed by atoms with van der Waals surface area (Å²) in [6, 6.07) is 17.1. The van der Waals surface area contributed by atoms with E-state index in [1.807, 2.05) is 18.2 Å². The molecule has 2 aromatic carbocycles. The number of ether oxygens (including phenoxy) is 1. The topological polar surface area (TPSA) is 34.4 Å². The molecule has 6 rings (SSSR count). The van der Waals surface area contributed by atoms with Crippen molar-refractivity contribution in [1.82, 2.24) is 0 Å². The van der Waals surface area contributed by atoms with Crippen molar-refractivity contribution in [2.75, 3.05) is 11.9 Å². The van der Waals surface area contributed by atoms with Crippen molar-refractivity contribution in [3.8, 4) is 11.3 Å². The highest BCUT2D eigenvalue weighted by Crippen LogP contribution is 2.51. The van der Waals surface area contributed by atoms with Crippen molar-refractivity contribution in [2.24, 2.45) is 5.92 Å². The van der Waals surface area contributed by atoms with E-state index in [1.54, 1.807) is 11.3 Å². The maximum absolute atomic E-state index is 6.34. The third kappa shape index (κ3) is 2.95. The Bertz CT molecular complexity index is 1160. The first kappa shape index (κ1) is 17.8. The quantitative estimate of drug-likeness (QED) is 0.331. The van der Waals surface area contributed by atoms with Crippen LogP contribution in [0.1, 0.15) is 36.1 Å². The molecule has 1 N–H and O–H groups in total. The van der Waals surface area contributed by atoms with Crippen LogP contribution in [0, 0.1) is 5.92 Å². The molecule has 146 valence electrons. The second-order valence-corrected chi connectivity index (χ2v) is 9.44. The highest BCUT2D eigenvalue weighted by molar-refractivity contribution is 9.10. The number of furan rings is 1. The number of rotatable bonds is 2. The lowest BCUT2D eigenvalue weighted by molar-refractivity contribution is -0.0381. The van der Waals surface area contributed by atoms with E-state index in [9.17, 15) is 0 Å². The minimum Gasteiger partial charge on any atom is -0.456 e. The lowest BCUT2D eigenvalue weighted by atomic mass is 9.77. The number of fused-ring (bicyclic) bond motifs is 4. The molecule has 1 fully saturated rings. The maximum atomic E-state index is 6.34. The van der Waals surface area contributed by atoms with E-state index in [1.165, 1.54) is 22.0 Å². The SMILES string of the molecule is Brc1cscc1C1Nc2ccc(-c3cc4ccccc4o3)cc2C2OCCCC12. The Labute approximate surface area is 181 Å². The van der Waals surface area contributed by atoms with E-state index >= 15 is 0 Å². The predicted molar refractivity (Wildman–Crippen MR) is 121 cm³/mol. The molecular weight excluding hydrogens is 446 g/mol. The summed E-state index contributed by atoms with van der Waals surface area (Å²) in [5.41, 5.74) is 5.77. The molecule has 3 nitrogen and oxygen atoms in total. The molecule has 0 saturated carbocycles. The van der Waals surface area contributed by atoms with E-state index in [0.29, 0.717) is 5.92 Å².